The first-order chi connectivity index (χ1) is 7.50. The summed E-state index contributed by atoms with van der Waals surface area (Å²) in [6, 6.07) is 0.236. The molecule has 16 heavy (non-hydrogen) atoms. The third-order valence-corrected chi connectivity index (χ3v) is 2.62. The fourth-order valence-corrected chi connectivity index (χ4v) is 1.57. The van der Waals surface area contributed by atoms with Gasteiger partial charge in [-0.1, -0.05) is 0 Å². The van der Waals surface area contributed by atoms with Crippen LogP contribution in [0.5, 0.6) is 0 Å². The SMILES string of the molecule is Cc1nccn1CCN(CC(=O)O)C(C)C. The Morgan fingerprint density at radius 3 is 2.75 bits per heavy atom. The molecule has 5 heteroatoms. The summed E-state index contributed by atoms with van der Waals surface area (Å²) in [6.07, 6.45) is 3.67. The summed E-state index contributed by atoms with van der Waals surface area (Å²) >= 11 is 0. The van der Waals surface area contributed by atoms with Gasteiger partial charge in [-0.3, -0.25) is 9.69 Å². The Balaban J connectivity index is 2.50. The highest BCUT2D eigenvalue weighted by atomic mass is 16.4. The second kappa shape index (κ2) is 5.65. The number of aromatic nitrogens is 2. The van der Waals surface area contributed by atoms with Gasteiger partial charge in [-0.2, -0.15) is 0 Å². The Morgan fingerprint density at radius 1 is 1.62 bits per heavy atom. The van der Waals surface area contributed by atoms with Crippen LogP contribution in [-0.2, 0) is 11.3 Å². The van der Waals surface area contributed by atoms with Crippen molar-refractivity contribution < 1.29 is 9.90 Å². The molecule has 1 aromatic rings. The average Bonchev–Trinajstić information content (AvgIpc) is 2.57. The molecule has 0 aliphatic carbocycles. The highest BCUT2D eigenvalue weighted by Crippen LogP contribution is 2.01. The number of hydrogen-bond donors (Lipinski definition) is 1. The topological polar surface area (TPSA) is 58.4 Å². The minimum atomic E-state index is -0.781. The molecular formula is C11H19N3O2. The van der Waals surface area contributed by atoms with Gasteiger partial charge < -0.3 is 9.67 Å². The second-order valence-electron chi connectivity index (χ2n) is 4.13. The summed E-state index contributed by atoms with van der Waals surface area (Å²) in [5.74, 6) is 0.176. The minimum absolute atomic E-state index is 0.0887. The molecule has 0 amide bonds. The van der Waals surface area contributed by atoms with E-state index in [9.17, 15) is 4.79 Å². The lowest BCUT2D eigenvalue weighted by Gasteiger charge is -2.24. The summed E-state index contributed by atoms with van der Waals surface area (Å²) < 4.78 is 2.03. The number of rotatable bonds is 6. The molecule has 0 fully saturated rings. The van der Waals surface area contributed by atoms with Gasteiger partial charge >= 0.3 is 5.97 Å². The van der Waals surface area contributed by atoms with E-state index in [-0.39, 0.29) is 12.6 Å². The van der Waals surface area contributed by atoms with Gasteiger partial charge in [0.2, 0.25) is 0 Å². The first-order valence-electron chi connectivity index (χ1n) is 5.44. The van der Waals surface area contributed by atoms with Gasteiger partial charge in [0.15, 0.2) is 0 Å². The Labute approximate surface area is 95.7 Å². The summed E-state index contributed by atoms with van der Waals surface area (Å²) in [5.41, 5.74) is 0. The zero-order valence-electron chi connectivity index (χ0n) is 10.1. The molecule has 0 atom stereocenters. The predicted molar refractivity (Wildman–Crippen MR) is 61.3 cm³/mol. The van der Waals surface area contributed by atoms with Crippen molar-refractivity contribution in [2.45, 2.75) is 33.4 Å². The van der Waals surface area contributed by atoms with Crippen LogP contribution in [0.4, 0.5) is 0 Å². The molecule has 1 aromatic heterocycles. The fourth-order valence-electron chi connectivity index (χ4n) is 1.57. The number of carboxylic acids is 1. The lowest BCUT2D eigenvalue weighted by atomic mass is 10.3. The highest BCUT2D eigenvalue weighted by Gasteiger charge is 2.13. The molecule has 0 radical (unpaired) electrons. The molecule has 1 heterocycles. The standard InChI is InChI=1S/C11H19N3O2/c1-9(2)14(8-11(15)16)7-6-13-5-4-12-10(13)3/h4-5,9H,6-8H2,1-3H3,(H,15,16). The van der Waals surface area contributed by atoms with E-state index in [1.54, 1.807) is 6.20 Å². The molecule has 1 N–H and O–H groups in total. The maximum absolute atomic E-state index is 10.7. The summed E-state index contributed by atoms with van der Waals surface area (Å²) in [4.78, 5) is 16.7. The predicted octanol–water partition coefficient (Wildman–Crippen LogP) is 0.987. The molecule has 0 aliphatic heterocycles. The van der Waals surface area contributed by atoms with Crippen LogP contribution in [0, 0.1) is 6.92 Å². The molecule has 0 aliphatic rings. The van der Waals surface area contributed by atoms with Crippen LogP contribution < -0.4 is 0 Å². The largest absolute Gasteiger partial charge is 0.480 e. The van der Waals surface area contributed by atoms with Gasteiger partial charge in [0.05, 0.1) is 6.54 Å². The van der Waals surface area contributed by atoms with E-state index in [1.165, 1.54) is 0 Å². The maximum atomic E-state index is 10.7. The first kappa shape index (κ1) is 12.7. The van der Waals surface area contributed by atoms with Crippen LogP contribution in [0.3, 0.4) is 0 Å². The smallest absolute Gasteiger partial charge is 0.317 e. The van der Waals surface area contributed by atoms with Crippen molar-refractivity contribution in [3.05, 3.63) is 18.2 Å². The van der Waals surface area contributed by atoms with Gasteiger partial charge in [-0.05, 0) is 20.8 Å². The monoisotopic (exact) mass is 225 g/mol. The van der Waals surface area contributed by atoms with E-state index < -0.39 is 5.97 Å². The van der Waals surface area contributed by atoms with Gasteiger partial charge in [0.25, 0.3) is 0 Å². The maximum Gasteiger partial charge on any atom is 0.317 e. The average molecular weight is 225 g/mol. The van der Waals surface area contributed by atoms with E-state index in [1.807, 2.05) is 36.4 Å². The van der Waals surface area contributed by atoms with Crippen LogP contribution in [0.2, 0.25) is 0 Å². The molecule has 0 unspecified atom stereocenters. The molecule has 5 nitrogen and oxygen atoms in total. The van der Waals surface area contributed by atoms with Crippen LogP contribution >= 0.6 is 0 Å². The number of aryl methyl sites for hydroxylation is 1. The van der Waals surface area contributed by atoms with E-state index in [0.29, 0.717) is 0 Å². The van der Waals surface area contributed by atoms with Gasteiger partial charge in [0.1, 0.15) is 5.82 Å². The quantitative estimate of drug-likeness (QED) is 0.784. The zero-order valence-corrected chi connectivity index (χ0v) is 10.1. The van der Waals surface area contributed by atoms with E-state index in [0.717, 1.165) is 18.9 Å². The third-order valence-electron chi connectivity index (χ3n) is 2.62. The lowest BCUT2D eigenvalue weighted by molar-refractivity contribution is -0.138. The van der Waals surface area contributed by atoms with Crippen LogP contribution in [-0.4, -0.2) is 44.7 Å². The van der Waals surface area contributed by atoms with Crippen molar-refractivity contribution in [3.8, 4) is 0 Å². The Morgan fingerprint density at radius 2 is 2.31 bits per heavy atom. The number of carboxylic acid groups (broad SMARTS) is 1. The summed E-state index contributed by atoms with van der Waals surface area (Å²) in [7, 11) is 0. The summed E-state index contributed by atoms with van der Waals surface area (Å²) in [6.45, 7) is 7.54. The molecule has 0 saturated carbocycles. The van der Waals surface area contributed by atoms with Crippen molar-refractivity contribution in [1.82, 2.24) is 14.5 Å². The number of nitrogens with zero attached hydrogens (tertiary/aromatic N) is 3. The second-order valence-corrected chi connectivity index (χ2v) is 4.13. The van der Waals surface area contributed by atoms with Crippen LogP contribution in [0.1, 0.15) is 19.7 Å². The van der Waals surface area contributed by atoms with Crippen molar-refractivity contribution in [2.75, 3.05) is 13.1 Å². The molecule has 90 valence electrons. The van der Waals surface area contributed by atoms with Crippen LogP contribution in [0.15, 0.2) is 12.4 Å². The number of aliphatic carboxylic acids is 1. The zero-order chi connectivity index (χ0) is 12.1. The molecule has 0 bridgehead atoms. The van der Waals surface area contributed by atoms with Gasteiger partial charge in [0, 0.05) is 31.5 Å². The van der Waals surface area contributed by atoms with Crippen molar-refractivity contribution in [1.29, 1.82) is 0 Å². The van der Waals surface area contributed by atoms with Crippen molar-refractivity contribution in [3.63, 3.8) is 0 Å². The third kappa shape index (κ3) is 3.66. The minimum Gasteiger partial charge on any atom is -0.480 e. The molecule has 0 spiro atoms. The Hall–Kier alpha value is -1.36. The Bertz CT molecular complexity index is 347. The van der Waals surface area contributed by atoms with Crippen LogP contribution in [0.25, 0.3) is 0 Å². The highest BCUT2D eigenvalue weighted by molar-refractivity contribution is 5.69. The van der Waals surface area contributed by atoms with E-state index in [4.69, 9.17) is 5.11 Å². The Kier molecular flexibility index (Phi) is 4.49. The number of imidazole rings is 1. The van der Waals surface area contributed by atoms with Crippen molar-refractivity contribution >= 4 is 5.97 Å². The number of carbonyl (C=O) groups is 1. The lowest BCUT2D eigenvalue weighted by Crippen LogP contribution is -2.37. The summed E-state index contributed by atoms with van der Waals surface area (Å²) in [5, 5.41) is 8.78. The molecule has 0 saturated heterocycles. The van der Waals surface area contributed by atoms with E-state index in [2.05, 4.69) is 4.98 Å². The van der Waals surface area contributed by atoms with Gasteiger partial charge in [-0.15, -0.1) is 0 Å². The van der Waals surface area contributed by atoms with Gasteiger partial charge in [-0.25, -0.2) is 4.98 Å². The molecule has 1 rings (SSSR count). The fraction of sp³-hybridized carbons (Fsp3) is 0.636. The van der Waals surface area contributed by atoms with E-state index >= 15 is 0 Å². The molecular weight excluding hydrogens is 206 g/mol. The molecule has 0 aromatic carbocycles. The van der Waals surface area contributed by atoms with Crippen molar-refractivity contribution in [2.24, 2.45) is 0 Å². The normalized spacial score (nSPS) is 11.3. The number of hydrogen-bond acceptors (Lipinski definition) is 3. The first-order valence-corrected chi connectivity index (χ1v) is 5.44.